The van der Waals surface area contributed by atoms with E-state index in [4.69, 9.17) is 23.2 Å². The fraction of sp³-hybridized carbons (Fsp3) is 0.0625. The van der Waals surface area contributed by atoms with Crippen LogP contribution in [0.2, 0.25) is 10.0 Å². The van der Waals surface area contributed by atoms with Crippen LogP contribution in [0.4, 0.5) is 5.13 Å². The van der Waals surface area contributed by atoms with Crippen LogP contribution in [-0.4, -0.2) is 15.9 Å². The predicted octanol–water partition coefficient (Wildman–Crippen LogP) is 5.07. The summed E-state index contributed by atoms with van der Waals surface area (Å²) in [5.74, 6) is -0.287. The van der Waals surface area contributed by atoms with Crippen molar-refractivity contribution in [2.24, 2.45) is 0 Å². The van der Waals surface area contributed by atoms with Crippen molar-refractivity contribution >= 4 is 45.6 Å². The second-order valence-corrected chi connectivity index (χ2v) is 6.55. The number of nitrogens with zero attached hydrogens (tertiary/aromatic N) is 2. The van der Waals surface area contributed by atoms with E-state index < -0.39 is 0 Å². The highest BCUT2D eigenvalue weighted by Gasteiger charge is 2.14. The number of pyridine rings is 1. The number of hydrogen-bond acceptors (Lipinski definition) is 4. The van der Waals surface area contributed by atoms with Gasteiger partial charge in [0.05, 0.1) is 26.3 Å². The summed E-state index contributed by atoms with van der Waals surface area (Å²) in [6, 6.07) is 10.4. The number of rotatable bonds is 3. The van der Waals surface area contributed by atoms with Crippen LogP contribution in [0.5, 0.6) is 0 Å². The molecule has 0 unspecified atom stereocenters. The number of thiazole rings is 1. The summed E-state index contributed by atoms with van der Waals surface area (Å²) in [5.41, 5.74) is 2.07. The van der Waals surface area contributed by atoms with Gasteiger partial charge in [-0.15, -0.1) is 0 Å². The van der Waals surface area contributed by atoms with Crippen LogP contribution in [-0.2, 0) is 0 Å². The minimum atomic E-state index is -0.287. The summed E-state index contributed by atoms with van der Waals surface area (Å²) < 4.78 is 0. The van der Waals surface area contributed by atoms with E-state index in [9.17, 15) is 4.79 Å². The van der Waals surface area contributed by atoms with E-state index in [0.717, 1.165) is 16.3 Å². The molecule has 0 atom stereocenters. The van der Waals surface area contributed by atoms with Gasteiger partial charge in [-0.3, -0.25) is 15.1 Å². The van der Waals surface area contributed by atoms with E-state index in [1.165, 1.54) is 17.4 Å². The lowest BCUT2D eigenvalue weighted by atomic mass is 10.2. The zero-order valence-corrected chi connectivity index (χ0v) is 14.3. The van der Waals surface area contributed by atoms with Gasteiger partial charge in [-0.1, -0.05) is 40.6 Å². The van der Waals surface area contributed by atoms with E-state index in [1.807, 2.05) is 25.1 Å². The van der Waals surface area contributed by atoms with Crippen LogP contribution in [0.3, 0.4) is 0 Å². The molecule has 0 spiro atoms. The summed E-state index contributed by atoms with van der Waals surface area (Å²) in [7, 11) is 0. The normalized spacial score (nSPS) is 10.6. The van der Waals surface area contributed by atoms with Crippen molar-refractivity contribution in [2.75, 3.05) is 5.32 Å². The maximum atomic E-state index is 12.3. The van der Waals surface area contributed by atoms with E-state index in [-0.39, 0.29) is 5.91 Å². The molecule has 0 saturated heterocycles. The fourth-order valence-corrected chi connectivity index (χ4v) is 3.23. The van der Waals surface area contributed by atoms with E-state index in [0.29, 0.717) is 20.7 Å². The Morgan fingerprint density at radius 1 is 1.17 bits per heavy atom. The quantitative estimate of drug-likeness (QED) is 0.706. The lowest BCUT2D eigenvalue weighted by molar-refractivity contribution is 0.102. The zero-order valence-electron chi connectivity index (χ0n) is 12.0. The van der Waals surface area contributed by atoms with Gasteiger partial charge in [0.1, 0.15) is 0 Å². The highest BCUT2D eigenvalue weighted by molar-refractivity contribution is 7.19. The van der Waals surface area contributed by atoms with Crippen molar-refractivity contribution in [3.8, 4) is 10.6 Å². The van der Waals surface area contributed by atoms with Crippen molar-refractivity contribution in [2.45, 2.75) is 6.92 Å². The molecular formula is C16H11Cl2N3OS. The molecule has 23 heavy (non-hydrogen) atoms. The van der Waals surface area contributed by atoms with Gasteiger partial charge in [0, 0.05) is 11.8 Å². The summed E-state index contributed by atoms with van der Waals surface area (Å²) in [6.45, 7) is 1.88. The number of carbonyl (C=O) groups is 1. The van der Waals surface area contributed by atoms with Crippen LogP contribution in [0, 0.1) is 6.92 Å². The van der Waals surface area contributed by atoms with Gasteiger partial charge in [-0.25, -0.2) is 4.98 Å². The van der Waals surface area contributed by atoms with Gasteiger partial charge in [0.25, 0.3) is 5.91 Å². The molecule has 116 valence electrons. The summed E-state index contributed by atoms with van der Waals surface area (Å²) in [4.78, 5) is 21.9. The molecule has 0 aliphatic rings. The lowest BCUT2D eigenvalue weighted by Gasteiger charge is -2.03. The van der Waals surface area contributed by atoms with E-state index in [1.54, 1.807) is 18.3 Å². The van der Waals surface area contributed by atoms with Gasteiger partial charge in [0.15, 0.2) is 5.13 Å². The number of aryl methyl sites for hydroxylation is 1. The van der Waals surface area contributed by atoms with Crippen molar-refractivity contribution in [1.82, 2.24) is 9.97 Å². The van der Waals surface area contributed by atoms with Crippen LogP contribution in [0.25, 0.3) is 10.6 Å². The second kappa shape index (κ2) is 6.66. The Morgan fingerprint density at radius 2 is 2.00 bits per heavy atom. The molecule has 0 aliphatic heterocycles. The van der Waals surface area contributed by atoms with Gasteiger partial charge in [0.2, 0.25) is 0 Å². The number of benzene rings is 1. The van der Waals surface area contributed by atoms with E-state index >= 15 is 0 Å². The summed E-state index contributed by atoms with van der Waals surface area (Å²) in [5, 5.41) is 4.03. The summed E-state index contributed by atoms with van der Waals surface area (Å²) in [6.07, 6.45) is 1.72. The minimum Gasteiger partial charge on any atom is -0.298 e. The number of hydrogen-bond donors (Lipinski definition) is 1. The van der Waals surface area contributed by atoms with Gasteiger partial charge in [-0.05, 0) is 37.3 Å². The average molecular weight is 364 g/mol. The Balaban J connectivity index is 1.83. The maximum absolute atomic E-state index is 12.3. The monoisotopic (exact) mass is 363 g/mol. The van der Waals surface area contributed by atoms with E-state index in [2.05, 4.69) is 15.3 Å². The minimum absolute atomic E-state index is 0.287. The third-order valence-corrected chi connectivity index (χ3v) is 4.93. The number of anilines is 1. The Morgan fingerprint density at radius 3 is 2.70 bits per heavy atom. The standard InChI is InChI=1S/C16H11Cl2N3OS/c1-9-14(13-4-2-3-7-19-13)23-16(20-9)21-15(22)10-5-6-11(17)12(18)8-10/h2-8H,1H3,(H,20,21,22). The maximum Gasteiger partial charge on any atom is 0.257 e. The van der Waals surface area contributed by atoms with Crippen LogP contribution >= 0.6 is 34.5 Å². The molecule has 1 amide bonds. The van der Waals surface area contributed by atoms with Crippen LogP contribution in [0.1, 0.15) is 16.1 Å². The number of aromatic nitrogens is 2. The van der Waals surface area contributed by atoms with Gasteiger partial charge in [-0.2, -0.15) is 0 Å². The van der Waals surface area contributed by atoms with Crippen molar-refractivity contribution < 1.29 is 4.79 Å². The van der Waals surface area contributed by atoms with Crippen molar-refractivity contribution in [3.05, 3.63) is 63.9 Å². The lowest BCUT2D eigenvalue weighted by Crippen LogP contribution is -2.11. The molecule has 0 aliphatic carbocycles. The predicted molar refractivity (Wildman–Crippen MR) is 94.5 cm³/mol. The molecular weight excluding hydrogens is 353 g/mol. The number of halogens is 2. The smallest absolute Gasteiger partial charge is 0.257 e. The Labute approximate surface area is 147 Å². The topological polar surface area (TPSA) is 54.9 Å². The third kappa shape index (κ3) is 3.52. The molecule has 7 heteroatoms. The van der Waals surface area contributed by atoms with Crippen LogP contribution < -0.4 is 5.32 Å². The van der Waals surface area contributed by atoms with Crippen LogP contribution in [0.15, 0.2) is 42.6 Å². The first-order valence-electron chi connectivity index (χ1n) is 6.70. The van der Waals surface area contributed by atoms with Gasteiger partial charge < -0.3 is 0 Å². The molecule has 1 aromatic carbocycles. The Kier molecular flexibility index (Phi) is 4.61. The first-order valence-corrected chi connectivity index (χ1v) is 8.27. The Bertz CT molecular complexity index is 865. The fourth-order valence-electron chi connectivity index (χ4n) is 1.99. The molecule has 3 aromatic rings. The summed E-state index contributed by atoms with van der Waals surface area (Å²) >= 11 is 13.2. The molecule has 3 rings (SSSR count). The molecule has 1 N–H and O–H groups in total. The van der Waals surface area contributed by atoms with Gasteiger partial charge >= 0.3 is 0 Å². The number of nitrogens with one attached hydrogen (secondary N) is 1. The van der Waals surface area contributed by atoms with Crippen molar-refractivity contribution in [3.63, 3.8) is 0 Å². The second-order valence-electron chi connectivity index (χ2n) is 4.73. The molecule has 2 heterocycles. The Hall–Kier alpha value is -1.95. The largest absolute Gasteiger partial charge is 0.298 e. The zero-order chi connectivity index (χ0) is 16.4. The number of amides is 1. The van der Waals surface area contributed by atoms with Crippen molar-refractivity contribution in [1.29, 1.82) is 0 Å². The highest BCUT2D eigenvalue weighted by Crippen LogP contribution is 2.31. The average Bonchev–Trinajstić information content (AvgIpc) is 2.91. The molecule has 0 radical (unpaired) electrons. The number of carbonyl (C=O) groups excluding carboxylic acids is 1. The molecule has 0 bridgehead atoms. The molecule has 2 aromatic heterocycles. The first-order chi connectivity index (χ1) is 11.0. The molecule has 0 saturated carbocycles. The third-order valence-electron chi connectivity index (χ3n) is 3.10. The highest BCUT2D eigenvalue weighted by atomic mass is 35.5. The molecule has 4 nitrogen and oxygen atoms in total. The first kappa shape index (κ1) is 15.9. The molecule has 0 fully saturated rings. The SMILES string of the molecule is Cc1nc(NC(=O)c2ccc(Cl)c(Cl)c2)sc1-c1ccccn1.